The molecule has 0 aromatic carbocycles. The zero-order valence-corrected chi connectivity index (χ0v) is 10.8. The zero-order chi connectivity index (χ0) is 11.6. The van der Waals surface area contributed by atoms with Crippen molar-refractivity contribution in [1.29, 1.82) is 0 Å². The summed E-state index contributed by atoms with van der Waals surface area (Å²) in [5.74, 6) is 0.803. The molecule has 0 atom stereocenters. The van der Waals surface area contributed by atoms with E-state index in [1.807, 2.05) is 0 Å². The lowest BCUT2D eigenvalue weighted by molar-refractivity contribution is 0.283. The van der Waals surface area contributed by atoms with Crippen LogP contribution in [0, 0.1) is 5.92 Å². The minimum absolute atomic E-state index is 0.245. The minimum Gasteiger partial charge on any atom is -0.317 e. The lowest BCUT2D eigenvalue weighted by atomic mass is 9.98. The van der Waals surface area contributed by atoms with E-state index in [0.29, 0.717) is 12.0 Å². The van der Waals surface area contributed by atoms with Crippen LogP contribution in [0.15, 0.2) is 0 Å². The van der Waals surface area contributed by atoms with Gasteiger partial charge < -0.3 is 5.32 Å². The van der Waals surface area contributed by atoms with Crippen molar-refractivity contribution in [3.8, 4) is 0 Å². The number of rotatable bonds is 5. The lowest BCUT2D eigenvalue weighted by Gasteiger charge is -2.29. The van der Waals surface area contributed by atoms with Crippen molar-refractivity contribution in [3.05, 3.63) is 0 Å². The molecule has 2 aliphatic rings. The molecule has 1 heterocycles. The zero-order valence-electron chi connectivity index (χ0n) is 9.98. The van der Waals surface area contributed by atoms with E-state index in [1.165, 1.54) is 0 Å². The highest BCUT2D eigenvalue weighted by molar-refractivity contribution is 7.89. The molecule has 2 fully saturated rings. The van der Waals surface area contributed by atoms with E-state index in [4.69, 9.17) is 0 Å². The molecular weight excluding hydrogens is 224 g/mol. The first-order valence-electron chi connectivity index (χ1n) is 6.33. The predicted molar refractivity (Wildman–Crippen MR) is 64.8 cm³/mol. The molecule has 1 N–H and O–H groups in total. The highest BCUT2D eigenvalue weighted by atomic mass is 32.2. The van der Waals surface area contributed by atoms with E-state index in [0.717, 1.165) is 45.3 Å². The maximum Gasteiger partial charge on any atom is 0.214 e. The van der Waals surface area contributed by atoms with Crippen LogP contribution in [0.5, 0.6) is 0 Å². The summed E-state index contributed by atoms with van der Waals surface area (Å²) in [6.07, 6.45) is 4.35. The van der Waals surface area contributed by atoms with Crippen molar-refractivity contribution in [3.63, 3.8) is 0 Å². The van der Waals surface area contributed by atoms with Gasteiger partial charge in [-0.1, -0.05) is 0 Å². The van der Waals surface area contributed by atoms with Crippen LogP contribution >= 0.6 is 0 Å². The summed E-state index contributed by atoms with van der Waals surface area (Å²) in [5.41, 5.74) is 0. The number of hydrogen-bond donors (Lipinski definition) is 1. The van der Waals surface area contributed by atoms with Crippen LogP contribution in [0.1, 0.15) is 32.6 Å². The van der Waals surface area contributed by atoms with Gasteiger partial charge in [0.1, 0.15) is 0 Å². The fourth-order valence-corrected chi connectivity index (χ4v) is 3.77. The molecular formula is C11H22N2O2S. The van der Waals surface area contributed by atoms with Gasteiger partial charge in [0, 0.05) is 12.6 Å². The van der Waals surface area contributed by atoms with Gasteiger partial charge in [0.2, 0.25) is 10.0 Å². The fourth-order valence-electron chi connectivity index (χ4n) is 2.34. The summed E-state index contributed by atoms with van der Waals surface area (Å²) in [6, 6.07) is 0.319. The van der Waals surface area contributed by atoms with Crippen LogP contribution in [-0.4, -0.2) is 44.2 Å². The summed E-state index contributed by atoms with van der Waals surface area (Å²) in [7, 11) is -2.98. The summed E-state index contributed by atoms with van der Waals surface area (Å²) in [5, 5.41) is 3.32. The van der Waals surface area contributed by atoms with Gasteiger partial charge in [-0.25, -0.2) is 8.42 Å². The molecule has 1 saturated carbocycles. The summed E-state index contributed by atoms with van der Waals surface area (Å²) < 4.78 is 25.7. The van der Waals surface area contributed by atoms with Crippen molar-refractivity contribution in [1.82, 2.24) is 9.62 Å². The monoisotopic (exact) mass is 246 g/mol. The first-order valence-corrected chi connectivity index (χ1v) is 7.94. The van der Waals surface area contributed by atoms with Gasteiger partial charge in [-0.15, -0.1) is 0 Å². The molecule has 0 bridgehead atoms. The molecule has 94 valence electrons. The lowest BCUT2D eigenvalue weighted by Crippen LogP contribution is -2.41. The molecule has 5 heteroatoms. The molecule has 16 heavy (non-hydrogen) atoms. The number of piperidine rings is 1. The Morgan fingerprint density at radius 2 is 1.81 bits per heavy atom. The topological polar surface area (TPSA) is 49.4 Å². The fraction of sp³-hybridized carbons (Fsp3) is 1.00. The molecule has 0 unspecified atom stereocenters. The largest absolute Gasteiger partial charge is 0.317 e. The van der Waals surface area contributed by atoms with Crippen LogP contribution in [0.4, 0.5) is 0 Å². The van der Waals surface area contributed by atoms with E-state index in [2.05, 4.69) is 5.32 Å². The predicted octanol–water partition coefficient (Wildman–Crippen LogP) is 0.800. The highest BCUT2D eigenvalue weighted by Crippen LogP contribution is 2.31. The summed E-state index contributed by atoms with van der Waals surface area (Å²) in [4.78, 5) is 0. The van der Waals surface area contributed by atoms with E-state index >= 15 is 0 Å². The van der Waals surface area contributed by atoms with E-state index in [-0.39, 0.29) is 5.75 Å². The quantitative estimate of drug-likeness (QED) is 0.780. The smallest absolute Gasteiger partial charge is 0.214 e. The number of nitrogens with zero attached hydrogens (tertiary/aromatic N) is 1. The molecule has 0 spiro atoms. The van der Waals surface area contributed by atoms with Crippen molar-refractivity contribution in [2.24, 2.45) is 5.92 Å². The second-order valence-electron chi connectivity index (χ2n) is 4.89. The first kappa shape index (κ1) is 12.3. The minimum atomic E-state index is -2.98. The Hall–Kier alpha value is -0.130. The van der Waals surface area contributed by atoms with E-state index in [1.54, 1.807) is 11.2 Å². The molecule has 0 radical (unpaired) electrons. The Morgan fingerprint density at radius 3 is 2.31 bits per heavy atom. The standard InChI is InChI=1S/C11H22N2O2S/c1-2-16(14,15)13(11-3-4-11)9-10-5-7-12-8-6-10/h10-12H,2-9H2,1H3. The summed E-state index contributed by atoms with van der Waals surface area (Å²) >= 11 is 0. The van der Waals surface area contributed by atoms with E-state index in [9.17, 15) is 8.42 Å². The van der Waals surface area contributed by atoms with E-state index < -0.39 is 10.0 Å². The Balaban J connectivity index is 1.97. The van der Waals surface area contributed by atoms with Crippen molar-refractivity contribution in [2.75, 3.05) is 25.4 Å². The Kier molecular flexibility index (Phi) is 3.87. The van der Waals surface area contributed by atoms with Gasteiger partial charge in [0.05, 0.1) is 5.75 Å². The van der Waals surface area contributed by atoms with Gasteiger partial charge in [-0.3, -0.25) is 0 Å². The molecule has 2 rings (SSSR count). The second kappa shape index (κ2) is 5.02. The number of sulfonamides is 1. The number of nitrogens with one attached hydrogen (secondary N) is 1. The molecule has 1 aliphatic heterocycles. The Morgan fingerprint density at radius 1 is 1.19 bits per heavy atom. The highest BCUT2D eigenvalue weighted by Gasteiger charge is 2.37. The van der Waals surface area contributed by atoms with Crippen molar-refractivity contribution < 1.29 is 8.42 Å². The molecule has 0 aromatic rings. The van der Waals surface area contributed by atoms with Gasteiger partial charge >= 0.3 is 0 Å². The molecule has 1 saturated heterocycles. The van der Waals surface area contributed by atoms with Crippen LogP contribution < -0.4 is 5.32 Å². The third kappa shape index (κ3) is 2.96. The SMILES string of the molecule is CCS(=O)(=O)N(CC1CCNCC1)C1CC1. The van der Waals surface area contributed by atoms with Crippen molar-refractivity contribution in [2.45, 2.75) is 38.6 Å². The van der Waals surface area contributed by atoms with Crippen LogP contribution in [0.25, 0.3) is 0 Å². The second-order valence-corrected chi connectivity index (χ2v) is 7.10. The van der Waals surface area contributed by atoms with Crippen LogP contribution in [-0.2, 0) is 10.0 Å². The molecule has 0 amide bonds. The maximum absolute atomic E-state index is 12.0. The molecule has 1 aliphatic carbocycles. The van der Waals surface area contributed by atoms with Gasteiger partial charge in [0.25, 0.3) is 0 Å². The van der Waals surface area contributed by atoms with Gasteiger partial charge in [-0.05, 0) is 51.6 Å². The summed E-state index contributed by atoms with van der Waals surface area (Å²) in [6.45, 7) is 4.57. The molecule has 4 nitrogen and oxygen atoms in total. The van der Waals surface area contributed by atoms with Crippen LogP contribution in [0.2, 0.25) is 0 Å². The van der Waals surface area contributed by atoms with Crippen LogP contribution in [0.3, 0.4) is 0 Å². The van der Waals surface area contributed by atoms with Gasteiger partial charge in [-0.2, -0.15) is 4.31 Å². The Bertz CT molecular complexity index is 319. The first-order chi connectivity index (χ1) is 7.63. The number of hydrogen-bond acceptors (Lipinski definition) is 3. The van der Waals surface area contributed by atoms with Crippen molar-refractivity contribution >= 4 is 10.0 Å². The average molecular weight is 246 g/mol. The van der Waals surface area contributed by atoms with Gasteiger partial charge in [0.15, 0.2) is 0 Å². The maximum atomic E-state index is 12.0. The molecule has 0 aromatic heterocycles. The third-order valence-electron chi connectivity index (χ3n) is 3.57. The normalized spacial score (nSPS) is 23.9. The average Bonchev–Trinajstić information content (AvgIpc) is 3.11. The Labute approximate surface area is 98.4 Å². The third-order valence-corrected chi connectivity index (χ3v) is 5.46.